The Kier molecular flexibility index (Phi) is 5.89. The van der Waals surface area contributed by atoms with Crippen LogP contribution in [0.1, 0.15) is 80.1 Å². The van der Waals surface area contributed by atoms with Crippen molar-refractivity contribution in [3.05, 3.63) is 35.5 Å². The van der Waals surface area contributed by atoms with Crippen LogP contribution in [0.4, 0.5) is 0 Å². The standard InChI is InChI=1S/C28H44O3/c1-17(7-8-18(2)26(3,4)31)22-11-12-23-21-10-9-19-15-20(29)16-25(30)28(19,6)24(21)13-14-27(22,23)5/h7-10,17-18,20,22-25,29-31H,11-16H2,1-6H3/b8-7+/t17-,18+,20-,22-,23+,24+,25+,27-,28+/m1/s1. The average molecular weight is 429 g/mol. The normalized spacial score (nSPS) is 44.7. The maximum Gasteiger partial charge on any atom is 0.0661 e. The van der Waals surface area contributed by atoms with Gasteiger partial charge in [0.05, 0.1) is 17.8 Å². The molecule has 0 aromatic heterocycles. The van der Waals surface area contributed by atoms with Gasteiger partial charge in [-0.05, 0) is 75.0 Å². The van der Waals surface area contributed by atoms with Crippen molar-refractivity contribution in [1.82, 2.24) is 0 Å². The molecule has 3 heteroatoms. The summed E-state index contributed by atoms with van der Waals surface area (Å²) in [5.41, 5.74) is 2.22. The van der Waals surface area contributed by atoms with Crippen molar-refractivity contribution < 1.29 is 15.3 Å². The highest BCUT2D eigenvalue weighted by atomic mass is 16.3. The molecule has 3 saturated carbocycles. The molecule has 0 heterocycles. The first-order valence-corrected chi connectivity index (χ1v) is 12.6. The molecule has 174 valence electrons. The van der Waals surface area contributed by atoms with Crippen LogP contribution < -0.4 is 0 Å². The van der Waals surface area contributed by atoms with Gasteiger partial charge in [-0.2, -0.15) is 0 Å². The molecule has 0 unspecified atom stereocenters. The molecular weight excluding hydrogens is 384 g/mol. The first kappa shape index (κ1) is 23.3. The lowest BCUT2D eigenvalue weighted by molar-refractivity contribution is -0.0537. The quantitative estimate of drug-likeness (QED) is 0.524. The smallest absolute Gasteiger partial charge is 0.0661 e. The molecule has 3 fully saturated rings. The second kappa shape index (κ2) is 7.85. The SMILES string of the molecule is C[C@H](/C=C/[C@H](C)C(C)(C)O)[C@H]1CC[C@H]2C3=CC=C4C[C@@H](O)C[C@H](O)[C@]4(C)[C@H]3CC[C@]12C. The van der Waals surface area contributed by atoms with Crippen molar-refractivity contribution in [2.75, 3.05) is 0 Å². The molecule has 0 aromatic carbocycles. The van der Waals surface area contributed by atoms with E-state index in [4.69, 9.17) is 0 Å². The number of hydrogen-bond donors (Lipinski definition) is 3. The third kappa shape index (κ3) is 3.69. The second-order valence-electron chi connectivity index (χ2n) is 12.3. The zero-order chi connectivity index (χ0) is 22.8. The maximum absolute atomic E-state index is 11.0. The first-order chi connectivity index (χ1) is 14.4. The first-order valence-electron chi connectivity index (χ1n) is 12.6. The highest BCUT2D eigenvalue weighted by molar-refractivity contribution is 5.40. The fraction of sp³-hybridized carbons (Fsp3) is 0.786. The summed E-state index contributed by atoms with van der Waals surface area (Å²) < 4.78 is 0. The summed E-state index contributed by atoms with van der Waals surface area (Å²) in [6.45, 7) is 13.0. The molecule has 4 rings (SSSR count). The van der Waals surface area contributed by atoms with Crippen LogP contribution in [0.3, 0.4) is 0 Å². The molecule has 3 nitrogen and oxygen atoms in total. The van der Waals surface area contributed by atoms with Crippen molar-refractivity contribution in [2.24, 2.45) is 40.4 Å². The van der Waals surface area contributed by atoms with Crippen LogP contribution in [0.5, 0.6) is 0 Å². The molecule has 31 heavy (non-hydrogen) atoms. The van der Waals surface area contributed by atoms with E-state index < -0.39 is 17.8 Å². The molecule has 4 aliphatic carbocycles. The summed E-state index contributed by atoms with van der Waals surface area (Å²) in [7, 11) is 0. The van der Waals surface area contributed by atoms with E-state index in [0.717, 1.165) is 6.42 Å². The Hall–Kier alpha value is -0.900. The Morgan fingerprint density at radius 1 is 1.03 bits per heavy atom. The molecule has 3 N–H and O–H groups in total. The van der Waals surface area contributed by atoms with Gasteiger partial charge < -0.3 is 15.3 Å². The van der Waals surface area contributed by atoms with E-state index in [9.17, 15) is 15.3 Å². The number of hydrogen-bond acceptors (Lipinski definition) is 3. The Morgan fingerprint density at radius 3 is 2.42 bits per heavy atom. The molecule has 0 aliphatic heterocycles. The summed E-state index contributed by atoms with van der Waals surface area (Å²) in [6, 6.07) is 0. The van der Waals surface area contributed by atoms with Crippen molar-refractivity contribution >= 4 is 0 Å². The Balaban J connectivity index is 1.58. The van der Waals surface area contributed by atoms with Crippen LogP contribution in [0.2, 0.25) is 0 Å². The maximum atomic E-state index is 11.0. The molecule has 0 amide bonds. The Morgan fingerprint density at radius 2 is 1.74 bits per heavy atom. The van der Waals surface area contributed by atoms with Gasteiger partial charge in [0.2, 0.25) is 0 Å². The van der Waals surface area contributed by atoms with Gasteiger partial charge in [-0.15, -0.1) is 0 Å². The molecule has 4 aliphatic rings. The molecule has 0 radical (unpaired) electrons. The molecule has 0 saturated heterocycles. The number of aliphatic hydroxyl groups is 3. The predicted molar refractivity (Wildman–Crippen MR) is 126 cm³/mol. The average Bonchev–Trinajstić information content (AvgIpc) is 3.03. The van der Waals surface area contributed by atoms with Crippen LogP contribution in [-0.4, -0.2) is 33.1 Å². The van der Waals surface area contributed by atoms with Crippen LogP contribution in [0.25, 0.3) is 0 Å². The Labute approximate surface area is 189 Å². The number of fused-ring (bicyclic) bond motifs is 5. The van der Waals surface area contributed by atoms with Crippen LogP contribution in [0, 0.1) is 40.4 Å². The minimum Gasteiger partial charge on any atom is -0.393 e. The largest absolute Gasteiger partial charge is 0.393 e. The summed E-state index contributed by atoms with van der Waals surface area (Å²) in [4.78, 5) is 0. The summed E-state index contributed by atoms with van der Waals surface area (Å²) >= 11 is 0. The van der Waals surface area contributed by atoms with Gasteiger partial charge in [-0.25, -0.2) is 0 Å². The van der Waals surface area contributed by atoms with Crippen LogP contribution >= 0.6 is 0 Å². The third-order valence-electron chi connectivity index (χ3n) is 10.2. The highest BCUT2D eigenvalue weighted by Gasteiger charge is 2.58. The summed E-state index contributed by atoms with van der Waals surface area (Å²) in [5.74, 6) is 2.29. The zero-order valence-electron chi connectivity index (χ0n) is 20.4. The van der Waals surface area contributed by atoms with Gasteiger partial charge in [-0.3, -0.25) is 0 Å². The van der Waals surface area contributed by atoms with Crippen molar-refractivity contribution in [1.29, 1.82) is 0 Å². The van der Waals surface area contributed by atoms with Crippen LogP contribution in [-0.2, 0) is 0 Å². The van der Waals surface area contributed by atoms with Gasteiger partial charge in [-0.1, -0.05) is 63.1 Å². The molecule has 0 aromatic rings. The van der Waals surface area contributed by atoms with Gasteiger partial charge in [0.15, 0.2) is 0 Å². The van der Waals surface area contributed by atoms with E-state index >= 15 is 0 Å². The lowest BCUT2D eigenvalue weighted by atomic mass is 9.49. The summed E-state index contributed by atoms with van der Waals surface area (Å²) in [5, 5.41) is 31.5. The molecule has 0 spiro atoms. The van der Waals surface area contributed by atoms with Crippen molar-refractivity contribution in [2.45, 2.75) is 97.9 Å². The van der Waals surface area contributed by atoms with E-state index in [1.54, 1.807) is 5.57 Å². The monoisotopic (exact) mass is 428 g/mol. The number of allylic oxidation sites excluding steroid dienone is 4. The van der Waals surface area contributed by atoms with Gasteiger partial charge in [0.1, 0.15) is 0 Å². The van der Waals surface area contributed by atoms with Crippen molar-refractivity contribution in [3.63, 3.8) is 0 Å². The van der Waals surface area contributed by atoms with E-state index in [0.29, 0.717) is 41.9 Å². The fourth-order valence-electron chi connectivity index (χ4n) is 7.66. The molecule has 0 bridgehead atoms. The van der Waals surface area contributed by atoms with Gasteiger partial charge in [0.25, 0.3) is 0 Å². The lowest BCUT2D eigenvalue weighted by Crippen LogP contribution is -2.52. The molecule has 9 atom stereocenters. The van der Waals surface area contributed by atoms with E-state index in [2.05, 4.69) is 52.0 Å². The van der Waals surface area contributed by atoms with Crippen molar-refractivity contribution in [3.8, 4) is 0 Å². The topological polar surface area (TPSA) is 60.7 Å². The number of rotatable bonds is 4. The highest BCUT2D eigenvalue weighted by Crippen LogP contribution is 2.66. The van der Waals surface area contributed by atoms with E-state index in [1.165, 1.54) is 24.8 Å². The lowest BCUT2D eigenvalue weighted by Gasteiger charge is -2.56. The minimum atomic E-state index is -0.683. The van der Waals surface area contributed by atoms with Gasteiger partial charge in [0, 0.05) is 17.8 Å². The van der Waals surface area contributed by atoms with E-state index in [-0.39, 0.29) is 11.3 Å². The Bertz CT molecular complexity index is 787. The van der Waals surface area contributed by atoms with E-state index in [1.807, 2.05) is 13.8 Å². The predicted octanol–water partition coefficient (Wildman–Crippen LogP) is 5.42. The summed E-state index contributed by atoms with van der Waals surface area (Å²) in [6.07, 6.45) is 14.4. The minimum absolute atomic E-state index is 0.142. The fourth-order valence-corrected chi connectivity index (χ4v) is 7.66. The third-order valence-corrected chi connectivity index (χ3v) is 10.2. The second-order valence-corrected chi connectivity index (χ2v) is 12.3. The zero-order valence-corrected chi connectivity index (χ0v) is 20.4. The molecular formula is C28H44O3. The number of aliphatic hydroxyl groups excluding tert-OH is 2. The van der Waals surface area contributed by atoms with Gasteiger partial charge >= 0.3 is 0 Å². The van der Waals surface area contributed by atoms with Crippen LogP contribution in [0.15, 0.2) is 35.5 Å².